The average Bonchev–Trinajstić information content (AvgIpc) is 3.03. The fourth-order valence-electron chi connectivity index (χ4n) is 2.80. The van der Waals surface area contributed by atoms with E-state index in [0.717, 1.165) is 23.5 Å². The highest BCUT2D eigenvalue weighted by Gasteiger charge is 2.31. The summed E-state index contributed by atoms with van der Waals surface area (Å²) in [5.41, 5.74) is 1.32. The number of rotatable bonds is 4. The number of alkyl halides is 3. The third-order valence-corrected chi connectivity index (χ3v) is 4.17. The molecule has 0 spiro atoms. The molecule has 0 unspecified atom stereocenters. The van der Waals surface area contributed by atoms with Crippen LogP contribution in [-0.2, 0) is 6.18 Å². The van der Waals surface area contributed by atoms with Crippen molar-refractivity contribution >= 4 is 17.3 Å². The van der Waals surface area contributed by atoms with Crippen molar-refractivity contribution in [2.75, 3.05) is 24.3 Å². The second-order valence-electron chi connectivity index (χ2n) is 6.50. The highest BCUT2D eigenvalue weighted by molar-refractivity contribution is 6.04. The fourth-order valence-corrected chi connectivity index (χ4v) is 2.80. The Kier molecular flexibility index (Phi) is 5.13. The minimum Gasteiger partial charge on any atom is -0.376 e. The minimum absolute atomic E-state index is 0.0664. The number of benzene rings is 2. The van der Waals surface area contributed by atoms with Gasteiger partial charge in [0.2, 0.25) is 0 Å². The Bertz CT molecular complexity index is 994. The van der Waals surface area contributed by atoms with Gasteiger partial charge >= 0.3 is 6.18 Å². The lowest BCUT2D eigenvalue weighted by atomic mass is 10.1. The van der Waals surface area contributed by atoms with Crippen molar-refractivity contribution < 1.29 is 18.0 Å². The lowest BCUT2D eigenvalue weighted by Gasteiger charge is -2.19. The molecule has 0 atom stereocenters. The highest BCUT2D eigenvalue weighted by atomic mass is 19.4. The molecule has 0 fully saturated rings. The first-order valence-electron chi connectivity index (χ1n) is 8.49. The second kappa shape index (κ2) is 7.38. The molecule has 1 aromatic heterocycles. The molecule has 0 radical (unpaired) electrons. The molecule has 3 rings (SSSR count). The first kappa shape index (κ1) is 19.5. The third-order valence-electron chi connectivity index (χ3n) is 4.17. The fraction of sp³-hybridized carbons (Fsp3) is 0.200. The van der Waals surface area contributed by atoms with Crippen LogP contribution in [0.3, 0.4) is 0 Å². The summed E-state index contributed by atoms with van der Waals surface area (Å²) < 4.78 is 40.8. The molecule has 28 heavy (non-hydrogen) atoms. The average molecular weight is 388 g/mol. The van der Waals surface area contributed by atoms with Crippen LogP contribution in [0.2, 0.25) is 0 Å². The SMILES string of the molecule is Cc1cc(C(=O)Nc2cc(C(F)(F)F)ccc2N(C)C)nn1-c1ccccc1. The maximum atomic E-state index is 13.1. The van der Waals surface area contributed by atoms with Gasteiger partial charge in [-0.25, -0.2) is 4.68 Å². The normalized spacial score (nSPS) is 11.4. The van der Waals surface area contributed by atoms with Gasteiger partial charge in [0.15, 0.2) is 5.69 Å². The smallest absolute Gasteiger partial charge is 0.376 e. The van der Waals surface area contributed by atoms with Crippen molar-refractivity contribution in [2.24, 2.45) is 0 Å². The van der Waals surface area contributed by atoms with Crippen LogP contribution in [0.4, 0.5) is 24.5 Å². The number of hydrogen-bond acceptors (Lipinski definition) is 3. The van der Waals surface area contributed by atoms with Crippen LogP contribution in [-0.4, -0.2) is 29.8 Å². The molecule has 146 valence electrons. The number of nitrogens with one attached hydrogen (secondary N) is 1. The Hall–Kier alpha value is -3.29. The number of nitrogens with zero attached hydrogens (tertiary/aromatic N) is 3. The Morgan fingerprint density at radius 2 is 1.75 bits per heavy atom. The van der Waals surface area contributed by atoms with Crippen molar-refractivity contribution in [1.29, 1.82) is 0 Å². The first-order chi connectivity index (χ1) is 13.2. The van der Waals surface area contributed by atoms with Gasteiger partial charge in [-0.2, -0.15) is 18.3 Å². The van der Waals surface area contributed by atoms with E-state index in [2.05, 4.69) is 10.4 Å². The highest BCUT2D eigenvalue weighted by Crippen LogP contribution is 2.35. The first-order valence-corrected chi connectivity index (χ1v) is 8.49. The minimum atomic E-state index is -4.50. The van der Waals surface area contributed by atoms with Crippen LogP contribution in [0.1, 0.15) is 21.7 Å². The zero-order valence-electron chi connectivity index (χ0n) is 15.6. The van der Waals surface area contributed by atoms with Crippen LogP contribution in [0.15, 0.2) is 54.6 Å². The maximum absolute atomic E-state index is 13.1. The summed E-state index contributed by atoms with van der Waals surface area (Å²) in [7, 11) is 3.37. The molecule has 5 nitrogen and oxygen atoms in total. The lowest BCUT2D eigenvalue weighted by molar-refractivity contribution is -0.137. The van der Waals surface area contributed by atoms with E-state index in [-0.39, 0.29) is 11.4 Å². The zero-order chi connectivity index (χ0) is 20.5. The largest absolute Gasteiger partial charge is 0.416 e. The van der Waals surface area contributed by atoms with Crippen LogP contribution < -0.4 is 10.2 Å². The predicted molar refractivity (Wildman–Crippen MR) is 102 cm³/mol. The topological polar surface area (TPSA) is 50.2 Å². The Labute approximate surface area is 160 Å². The molecule has 0 aliphatic carbocycles. The van der Waals surface area contributed by atoms with Gasteiger partial charge in [0.25, 0.3) is 5.91 Å². The van der Waals surface area contributed by atoms with Crippen molar-refractivity contribution in [2.45, 2.75) is 13.1 Å². The van der Waals surface area contributed by atoms with Gasteiger partial charge in [0.1, 0.15) is 0 Å². The van der Waals surface area contributed by atoms with Crippen molar-refractivity contribution in [3.8, 4) is 5.69 Å². The number of para-hydroxylation sites is 1. The van der Waals surface area contributed by atoms with Gasteiger partial charge in [-0.15, -0.1) is 0 Å². The summed E-state index contributed by atoms with van der Waals surface area (Å²) in [6.07, 6.45) is -4.50. The van der Waals surface area contributed by atoms with Crippen LogP contribution in [0, 0.1) is 6.92 Å². The number of hydrogen-bond donors (Lipinski definition) is 1. The molecule has 0 bridgehead atoms. The number of anilines is 2. The van der Waals surface area contributed by atoms with E-state index in [1.165, 1.54) is 6.07 Å². The Morgan fingerprint density at radius 1 is 1.07 bits per heavy atom. The van der Waals surface area contributed by atoms with E-state index in [1.807, 2.05) is 30.3 Å². The molecule has 0 aliphatic heterocycles. The molecule has 1 N–H and O–H groups in total. The number of aromatic nitrogens is 2. The van der Waals surface area contributed by atoms with E-state index in [9.17, 15) is 18.0 Å². The van der Waals surface area contributed by atoms with Crippen molar-refractivity contribution in [1.82, 2.24) is 9.78 Å². The molecular weight excluding hydrogens is 369 g/mol. The monoisotopic (exact) mass is 388 g/mol. The van der Waals surface area contributed by atoms with E-state index >= 15 is 0 Å². The van der Waals surface area contributed by atoms with Gasteiger partial charge < -0.3 is 10.2 Å². The van der Waals surface area contributed by atoms with E-state index in [1.54, 1.807) is 36.7 Å². The molecular formula is C20H19F3N4O. The van der Waals surface area contributed by atoms with Crippen LogP contribution >= 0.6 is 0 Å². The summed E-state index contributed by atoms with van der Waals surface area (Å²) >= 11 is 0. The number of carbonyl (C=O) groups excluding carboxylic acids is 1. The van der Waals surface area contributed by atoms with E-state index in [4.69, 9.17) is 0 Å². The quantitative estimate of drug-likeness (QED) is 0.715. The second-order valence-corrected chi connectivity index (χ2v) is 6.50. The summed E-state index contributed by atoms with van der Waals surface area (Å²) in [5, 5.41) is 6.85. The van der Waals surface area contributed by atoms with Crippen LogP contribution in [0.5, 0.6) is 0 Å². The lowest BCUT2D eigenvalue weighted by Crippen LogP contribution is -2.18. The number of aryl methyl sites for hydroxylation is 1. The Morgan fingerprint density at radius 3 is 2.36 bits per heavy atom. The molecule has 0 saturated carbocycles. The van der Waals surface area contributed by atoms with Crippen LogP contribution in [0.25, 0.3) is 5.69 Å². The Balaban J connectivity index is 1.93. The molecule has 8 heteroatoms. The molecule has 0 saturated heterocycles. The molecule has 1 heterocycles. The van der Waals surface area contributed by atoms with Gasteiger partial charge in [-0.1, -0.05) is 18.2 Å². The zero-order valence-corrected chi connectivity index (χ0v) is 15.6. The molecule has 3 aromatic rings. The van der Waals surface area contributed by atoms with Crippen molar-refractivity contribution in [3.05, 3.63) is 71.5 Å². The third kappa shape index (κ3) is 4.00. The van der Waals surface area contributed by atoms with Gasteiger partial charge in [0.05, 0.1) is 22.6 Å². The molecule has 1 amide bonds. The molecule has 2 aromatic carbocycles. The van der Waals surface area contributed by atoms with Gasteiger partial charge in [0, 0.05) is 19.8 Å². The number of amides is 1. The predicted octanol–water partition coefficient (Wildman–Crippen LogP) is 4.52. The number of carbonyl (C=O) groups is 1. The van der Waals surface area contributed by atoms with Gasteiger partial charge in [-0.05, 0) is 43.3 Å². The summed E-state index contributed by atoms with van der Waals surface area (Å²) in [5.74, 6) is -0.583. The summed E-state index contributed by atoms with van der Waals surface area (Å²) in [4.78, 5) is 14.3. The summed E-state index contributed by atoms with van der Waals surface area (Å²) in [6.45, 7) is 1.80. The molecule has 0 aliphatic rings. The number of halogens is 3. The van der Waals surface area contributed by atoms with E-state index in [0.29, 0.717) is 5.69 Å². The van der Waals surface area contributed by atoms with E-state index < -0.39 is 17.6 Å². The standard InChI is InChI=1S/C20H19F3N4O/c1-13-11-17(25-27(13)15-7-5-4-6-8-15)19(28)24-16-12-14(20(21,22)23)9-10-18(16)26(2)3/h4-12H,1-3H3,(H,24,28). The van der Waals surface area contributed by atoms with Gasteiger partial charge in [-0.3, -0.25) is 4.79 Å². The van der Waals surface area contributed by atoms with Crippen molar-refractivity contribution in [3.63, 3.8) is 0 Å². The summed E-state index contributed by atoms with van der Waals surface area (Å²) in [6, 6.07) is 14.1. The maximum Gasteiger partial charge on any atom is 0.416 e.